The molecule has 0 bridgehead atoms. The summed E-state index contributed by atoms with van der Waals surface area (Å²) in [7, 11) is 0. The molecule has 2 aromatic heterocycles. The van der Waals surface area contributed by atoms with Crippen molar-refractivity contribution in [2.45, 2.75) is 38.6 Å². The normalized spacial score (nSPS) is 17.5. The van der Waals surface area contributed by atoms with Crippen LogP contribution in [0.4, 0.5) is 11.6 Å². The number of rotatable bonds is 5. The van der Waals surface area contributed by atoms with Crippen molar-refractivity contribution in [2.24, 2.45) is 0 Å². The molecule has 2 aliphatic heterocycles. The molecule has 1 N–H and O–H groups in total. The molecule has 1 aromatic carbocycles. The molecular weight excluding hydrogens is 454 g/mol. The van der Waals surface area contributed by atoms with Crippen molar-refractivity contribution in [1.82, 2.24) is 19.8 Å². The first-order valence-corrected chi connectivity index (χ1v) is 12.8. The first kappa shape index (κ1) is 22.3. The molecule has 0 spiro atoms. The fourth-order valence-corrected chi connectivity index (χ4v) is 5.83. The average Bonchev–Trinajstić information content (AvgIpc) is 3.53. The summed E-state index contributed by atoms with van der Waals surface area (Å²) in [5.74, 6) is 0.586. The van der Waals surface area contributed by atoms with Crippen LogP contribution >= 0.6 is 22.9 Å². The predicted octanol–water partition coefficient (Wildman–Crippen LogP) is 5.61. The van der Waals surface area contributed by atoms with E-state index in [1.54, 1.807) is 17.5 Å². The molecule has 172 valence electrons. The number of aryl methyl sites for hydroxylation is 1. The number of benzene rings is 1. The Morgan fingerprint density at radius 1 is 1.06 bits per heavy atom. The summed E-state index contributed by atoms with van der Waals surface area (Å²) in [5, 5.41) is 3.75. The number of thiophene rings is 1. The lowest BCUT2D eigenvalue weighted by Crippen LogP contribution is -2.45. The van der Waals surface area contributed by atoms with Crippen molar-refractivity contribution in [1.29, 1.82) is 0 Å². The van der Waals surface area contributed by atoms with Crippen molar-refractivity contribution in [3.63, 3.8) is 0 Å². The largest absolute Gasteiger partial charge is 0.339 e. The van der Waals surface area contributed by atoms with E-state index in [1.807, 2.05) is 35.2 Å². The Morgan fingerprint density at radius 3 is 2.45 bits per heavy atom. The van der Waals surface area contributed by atoms with E-state index in [0.29, 0.717) is 22.6 Å². The fourth-order valence-electron chi connectivity index (χ4n) is 4.71. The summed E-state index contributed by atoms with van der Waals surface area (Å²) in [6.45, 7) is 6.17. The zero-order chi connectivity index (χ0) is 22.8. The van der Waals surface area contributed by atoms with E-state index < -0.39 is 0 Å². The van der Waals surface area contributed by atoms with Gasteiger partial charge in [-0.2, -0.15) is 0 Å². The van der Waals surface area contributed by atoms with Gasteiger partial charge in [0.2, 0.25) is 5.95 Å². The molecule has 1 amide bonds. The SMILES string of the molecule is Cc1ccc(-c2nc(Nc3ccc(C(=O)N4CCC(N5CCCC5)CC4)cc3)ncc2Cl)s1. The topological polar surface area (TPSA) is 61.4 Å². The van der Waals surface area contributed by atoms with Gasteiger partial charge in [0, 0.05) is 35.3 Å². The van der Waals surface area contributed by atoms with Crippen LogP contribution < -0.4 is 5.32 Å². The van der Waals surface area contributed by atoms with Gasteiger partial charge in [-0.05, 0) is 82.1 Å². The van der Waals surface area contributed by atoms with E-state index in [1.165, 1.54) is 30.8 Å². The highest BCUT2D eigenvalue weighted by Crippen LogP contribution is 2.32. The zero-order valence-electron chi connectivity index (χ0n) is 18.8. The summed E-state index contributed by atoms with van der Waals surface area (Å²) in [4.78, 5) is 28.7. The number of piperidine rings is 1. The fraction of sp³-hybridized carbons (Fsp3) is 0.400. The lowest BCUT2D eigenvalue weighted by molar-refractivity contribution is 0.0644. The molecule has 0 aliphatic carbocycles. The number of carbonyl (C=O) groups excluding carboxylic acids is 1. The first-order valence-electron chi connectivity index (χ1n) is 11.6. The Labute approximate surface area is 203 Å². The highest BCUT2D eigenvalue weighted by atomic mass is 35.5. The Hall–Kier alpha value is -2.48. The highest BCUT2D eigenvalue weighted by Gasteiger charge is 2.28. The lowest BCUT2D eigenvalue weighted by atomic mass is 10.0. The van der Waals surface area contributed by atoms with Crippen LogP contribution in [0.15, 0.2) is 42.6 Å². The van der Waals surface area contributed by atoms with Gasteiger partial charge in [0.05, 0.1) is 16.1 Å². The number of halogens is 1. The molecule has 2 fully saturated rings. The molecule has 0 radical (unpaired) electrons. The Kier molecular flexibility index (Phi) is 6.62. The van der Waals surface area contributed by atoms with Gasteiger partial charge >= 0.3 is 0 Å². The summed E-state index contributed by atoms with van der Waals surface area (Å²) in [6, 6.07) is 12.3. The molecule has 0 saturated carbocycles. The van der Waals surface area contributed by atoms with Gasteiger partial charge in [0.25, 0.3) is 5.91 Å². The van der Waals surface area contributed by atoms with E-state index in [9.17, 15) is 4.79 Å². The Morgan fingerprint density at radius 2 is 1.79 bits per heavy atom. The third-order valence-electron chi connectivity index (χ3n) is 6.51. The highest BCUT2D eigenvalue weighted by molar-refractivity contribution is 7.15. The van der Waals surface area contributed by atoms with Crippen LogP contribution in [0.25, 0.3) is 10.6 Å². The van der Waals surface area contributed by atoms with Crippen molar-refractivity contribution in [2.75, 3.05) is 31.5 Å². The van der Waals surface area contributed by atoms with E-state index in [4.69, 9.17) is 11.6 Å². The van der Waals surface area contributed by atoms with Gasteiger partial charge in [-0.15, -0.1) is 11.3 Å². The number of aromatic nitrogens is 2. The van der Waals surface area contributed by atoms with Crippen LogP contribution in [0.2, 0.25) is 5.02 Å². The van der Waals surface area contributed by atoms with Crippen molar-refractivity contribution in [3.05, 3.63) is 58.1 Å². The second-order valence-corrected chi connectivity index (χ2v) is 10.5. The van der Waals surface area contributed by atoms with Crippen molar-refractivity contribution >= 4 is 40.5 Å². The Balaban J connectivity index is 1.22. The molecule has 0 atom stereocenters. The third-order valence-corrected chi connectivity index (χ3v) is 7.80. The number of anilines is 2. The quantitative estimate of drug-likeness (QED) is 0.513. The minimum absolute atomic E-state index is 0.111. The van der Waals surface area contributed by atoms with E-state index in [-0.39, 0.29) is 5.91 Å². The molecular formula is C25H28ClN5OS. The van der Waals surface area contributed by atoms with Crippen LogP contribution in [0, 0.1) is 6.92 Å². The first-order chi connectivity index (χ1) is 16.1. The number of hydrogen-bond acceptors (Lipinski definition) is 6. The molecule has 6 nitrogen and oxygen atoms in total. The van der Waals surface area contributed by atoms with Gasteiger partial charge in [0.15, 0.2) is 0 Å². The Bertz CT molecular complexity index is 1120. The maximum absolute atomic E-state index is 13.0. The van der Waals surface area contributed by atoms with Gasteiger partial charge in [-0.3, -0.25) is 4.79 Å². The number of nitrogens with zero attached hydrogens (tertiary/aromatic N) is 4. The maximum atomic E-state index is 13.0. The number of carbonyl (C=O) groups is 1. The molecule has 0 unspecified atom stereocenters. The second kappa shape index (κ2) is 9.79. The van der Waals surface area contributed by atoms with E-state index >= 15 is 0 Å². The zero-order valence-corrected chi connectivity index (χ0v) is 20.3. The maximum Gasteiger partial charge on any atom is 0.253 e. The average molecular weight is 482 g/mol. The standard InChI is InChI=1S/C25H28ClN5OS/c1-17-4-9-22(33-17)23-21(26)16-27-25(29-23)28-19-7-5-18(6-8-19)24(32)31-14-10-20(11-15-31)30-12-2-3-13-30/h4-9,16,20H,2-3,10-15H2,1H3,(H,27,28,29). The molecule has 8 heteroatoms. The van der Waals surface area contributed by atoms with Gasteiger partial charge in [-0.1, -0.05) is 11.6 Å². The molecule has 5 rings (SSSR count). The molecule has 2 aliphatic rings. The molecule has 3 aromatic rings. The number of nitrogens with one attached hydrogen (secondary N) is 1. The van der Waals surface area contributed by atoms with Crippen molar-refractivity contribution < 1.29 is 4.79 Å². The van der Waals surface area contributed by atoms with E-state index in [2.05, 4.69) is 33.2 Å². The lowest BCUT2D eigenvalue weighted by Gasteiger charge is -2.36. The third kappa shape index (κ3) is 5.05. The molecule has 4 heterocycles. The number of hydrogen-bond donors (Lipinski definition) is 1. The van der Waals surface area contributed by atoms with Gasteiger partial charge in [0.1, 0.15) is 5.69 Å². The minimum Gasteiger partial charge on any atom is -0.339 e. The predicted molar refractivity (Wildman–Crippen MR) is 135 cm³/mol. The van der Waals surface area contributed by atoms with Gasteiger partial charge in [-0.25, -0.2) is 9.97 Å². The van der Waals surface area contributed by atoms with Crippen molar-refractivity contribution in [3.8, 4) is 10.6 Å². The summed E-state index contributed by atoms with van der Waals surface area (Å²) < 4.78 is 0. The minimum atomic E-state index is 0.111. The summed E-state index contributed by atoms with van der Waals surface area (Å²) in [5.41, 5.74) is 2.26. The van der Waals surface area contributed by atoms with Gasteiger partial charge < -0.3 is 15.1 Å². The smallest absolute Gasteiger partial charge is 0.253 e. The second-order valence-electron chi connectivity index (χ2n) is 8.77. The van der Waals surface area contributed by atoms with Crippen LogP contribution in [0.1, 0.15) is 40.9 Å². The molecule has 2 saturated heterocycles. The summed E-state index contributed by atoms with van der Waals surface area (Å²) in [6.07, 6.45) is 6.40. The monoisotopic (exact) mass is 481 g/mol. The van der Waals surface area contributed by atoms with Crippen LogP contribution in [0.5, 0.6) is 0 Å². The number of amides is 1. The van der Waals surface area contributed by atoms with Crippen LogP contribution in [-0.4, -0.2) is 57.9 Å². The van der Waals surface area contributed by atoms with E-state index in [0.717, 1.165) is 42.2 Å². The van der Waals surface area contributed by atoms with Crippen LogP contribution in [-0.2, 0) is 0 Å². The molecule has 33 heavy (non-hydrogen) atoms. The summed E-state index contributed by atoms with van der Waals surface area (Å²) >= 11 is 7.98. The van der Waals surface area contributed by atoms with Crippen LogP contribution in [0.3, 0.4) is 0 Å². The number of likely N-dealkylation sites (tertiary alicyclic amines) is 2.